The largest absolute Gasteiger partial charge is 0.383 e. The minimum Gasteiger partial charge on any atom is -0.383 e. The second-order valence-electron chi connectivity index (χ2n) is 3.87. The van der Waals surface area contributed by atoms with Gasteiger partial charge in [0, 0.05) is 16.6 Å². The Balaban J connectivity index is 2.44. The van der Waals surface area contributed by atoms with Crippen LogP contribution in [0.4, 0.5) is 0 Å². The molecule has 3 heterocycles. The van der Waals surface area contributed by atoms with Crippen LogP contribution in [0.25, 0.3) is 10.2 Å². The lowest BCUT2D eigenvalue weighted by Crippen LogP contribution is -2.07. The number of amidine groups is 1. The molecule has 0 saturated carbocycles. The first-order valence-corrected chi connectivity index (χ1v) is 5.68. The van der Waals surface area contributed by atoms with Gasteiger partial charge >= 0.3 is 0 Å². The van der Waals surface area contributed by atoms with Crippen molar-refractivity contribution in [3.63, 3.8) is 0 Å². The predicted molar refractivity (Wildman–Crippen MR) is 63.5 cm³/mol. The van der Waals surface area contributed by atoms with Gasteiger partial charge in [0.05, 0.1) is 11.4 Å². The van der Waals surface area contributed by atoms with Crippen molar-refractivity contribution in [3.05, 3.63) is 27.8 Å². The van der Waals surface area contributed by atoms with Crippen LogP contribution in [0.5, 0.6) is 0 Å². The van der Waals surface area contributed by atoms with Crippen LogP contribution < -0.4 is 5.73 Å². The summed E-state index contributed by atoms with van der Waals surface area (Å²) in [5, 5.41) is 1.25. The zero-order valence-corrected chi connectivity index (χ0v) is 9.48. The van der Waals surface area contributed by atoms with Crippen LogP contribution in [0.1, 0.15) is 21.7 Å². The molecule has 0 aromatic carbocycles. The topological polar surface area (TPSA) is 51.3 Å². The minimum absolute atomic E-state index is 0.671. The summed E-state index contributed by atoms with van der Waals surface area (Å²) < 4.78 is 0. The SMILES string of the molecule is Cc1cc(C)c2c3c(sc2n1)C(N)=NC3. The van der Waals surface area contributed by atoms with E-state index in [-0.39, 0.29) is 0 Å². The summed E-state index contributed by atoms with van der Waals surface area (Å²) in [5.41, 5.74) is 9.44. The molecule has 0 unspecified atom stereocenters. The van der Waals surface area contributed by atoms with Gasteiger partial charge in [0.25, 0.3) is 0 Å². The molecule has 2 aromatic rings. The van der Waals surface area contributed by atoms with E-state index in [0.29, 0.717) is 12.4 Å². The fourth-order valence-corrected chi connectivity index (χ4v) is 3.34. The van der Waals surface area contributed by atoms with E-state index in [1.807, 2.05) is 6.92 Å². The van der Waals surface area contributed by atoms with Crippen LogP contribution in [0.3, 0.4) is 0 Å². The lowest BCUT2D eigenvalue weighted by molar-refractivity contribution is 1.12. The first-order chi connectivity index (χ1) is 7.16. The van der Waals surface area contributed by atoms with Crippen molar-refractivity contribution in [2.75, 3.05) is 0 Å². The summed E-state index contributed by atoms with van der Waals surface area (Å²) in [5.74, 6) is 0.671. The summed E-state index contributed by atoms with van der Waals surface area (Å²) in [7, 11) is 0. The molecule has 0 radical (unpaired) electrons. The number of aliphatic imine (C=N–C) groups is 1. The minimum atomic E-state index is 0.671. The molecule has 3 rings (SSSR count). The lowest BCUT2D eigenvalue weighted by atomic mass is 10.1. The summed E-state index contributed by atoms with van der Waals surface area (Å²) >= 11 is 1.66. The van der Waals surface area contributed by atoms with Gasteiger partial charge < -0.3 is 5.73 Å². The monoisotopic (exact) mass is 217 g/mol. The first-order valence-electron chi connectivity index (χ1n) is 4.86. The van der Waals surface area contributed by atoms with Gasteiger partial charge in [0.15, 0.2) is 0 Å². The molecule has 4 heteroatoms. The summed E-state index contributed by atoms with van der Waals surface area (Å²) in [6.07, 6.45) is 0. The molecule has 0 amide bonds. The molecule has 2 N–H and O–H groups in total. The molecule has 0 atom stereocenters. The van der Waals surface area contributed by atoms with Gasteiger partial charge in [-0.1, -0.05) is 0 Å². The second kappa shape index (κ2) is 2.79. The third-order valence-corrected chi connectivity index (χ3v) is 3.87. The van der Waals surface area contributed by atoms with Crippen LogP contribution >= 0.6 is 11.3 Å². The van der Waals surface area contributed by atoms with Crippen molar-refractivity contribution >= 4 is 27.4 Å². The van der Waals surface area contributed by atoms with Crippen molar-refractivity contribution in [2.24, 2.45) is 10.7 Å². The third-order valence-electron chi connectivity index (χ3n) is 2.73. The maximum Gasteiger partial charge on any atom is 0.136 e. The highest BCUT2D eigenvalue weighted by atomic mass is 32.1. The average molecular weight is 217 g/mol. The molecule has 0 saturated heterocycles. The Kier molecular flexibility index (Phi) is 1.65. The van der Waals surface area contributed by atoms with E-state index >= 15 is 0 Å². The van der Waals surface area contributed by atoms with Gasteiger partial charge in [-0.25, -0.2) is 4.98 Å². The lowest BCUT2D eigenvalue weighted by Gasteiger charge is -1.99. The van der Waals surface area contributed by atoms with Crippen molar-refractivity contribution in [3.8, 4) is 0 Å². The van der Waals surface area contributed by atoms with Crippen LogP contribution in [0.2, 0.25) is 0 Å². The van der Waals surface area contributed by atoms with Crippen LogP contribution in [-0.2, 0) is 6.54 Å². The van der Waals surface area contributed by atoms with Crippen molar-refractivity contribution in [1.29, 1.82) is 0 Å². The molecule has 0 bridgehead atoms. The number of hydrogen-bond donors (Lipinski definition) is 1. The van der Waals surface area contributed by atoms with E-state index in [1.165, 1.54) is 16.5 Å². The van der Waals surface area contributed by atoms with Gasteiger partial charge in [-0.15, -0.1) is 11.3 Å². The van der Waals surface area contributed by atoms with Gasteiger partial charge in [-0.3, -0.25) is 4.99 Å². The maximum atomic E-state index is 5.83. The Morgan fingerprint density at radius 3 is 3.00 bits per heavy atom. The molecular formula is C11H11N3S. The Morgan fingerprint density at radius 1 is 1.40 bits per heavy atom. The van der Waals surface area contributed by atoms with Crippen LogP contribution in [0.15, 0.2) is 11.1 Å². The molecule has 2 aromatic heterocycles. The number of aromatic nitrogens is 1. The number of hydrogen-bond acceptors (Lipinski definition) is 4. The highest BCUT2D eigenvalue weighted by Gasteiger charge is 2.21. The highest BCUT2D eigenvalue weighted by molar-refractivity contribution is 7.20. The fraction of sp³-hybridized carbons (Fsp3) is 0.273. The van der Waals surface area contributed by atoms with Gasteiger partial charge in [0.1, 0.15) is 10.7 Å². The number of pyridine rings is 1. The first kappa shape index (κ1) is 8.85. The van der Waals surface area contributed by atoms with E-state index in [2.05, 4.69) is 23.0 Å². The highest BCUT2D eigenvalue weighted by Crippen LogP contribution is 2.35. The third kappa shape index (κ3) is 1.11. The predicted octanol–water partition coefficient (Wildman–Crippen LogP) is 2.13. The smallest absolute Gasteiger partial charge is 0.136 e. The van der Waals surface area contributed by atoms with E-state index in [1.54, 1.807) is 11.3 Å². The molecule has 76 valence electrons. The number of thiophene rings is 1. The summed E-state index contributed by atoms with van der Waals surface area (Å²) in [4.78, 5) is 11.0. The quantitative estimate of drug-likeness (QED) is 0.735. The zero-order chi connectivity index (χ0) is 10.6. The van der Waals surface area contributed by atoms with E-state index < -0.39 is 0 Å². The Bertz CT molecular complexity index is 595. The number of nitrogens with zero attached hydrogens (tertiary/aromatic N) is 2. The standard InChI is InChI=1S/C11H11N3S/c1-5-3-6(2)14-11-8(5)7-4-13-10(12)9(7)15-11/h3H,4H2,1-2H3,(H2,12,13). The van der Waals surface area contributed by atoms with Gasteiger partial charge in [-0.2, -0.15) is 0 Å². The molecule has 0 aliphatic carbocycles. The van der Waals surface area contributed by atoms with Crippen LogP contribution in [0, 0.1) is 13.8 Å². The van der Waals surface area contributed by atoms with E-state index in [9.17, 15) is 0 Å². The summed E-state index contributed by atoms with van der Waals surface area (Å²) in [6, 6.07) is 2.11. The van der Waals surface area contributed by atoms with Crippen molar-refractivity contribution in [2.45, 2.75) is 20.4 Å². The zero-order valence-electron chi connectivity index (χ0n) is 8.66. The molecular weight excluding hydrogens is 206 g/mol. The molecule has 0 spiro atoms. The molecule has 15 heavy (non-hydrogen) atoms. The number of rotatable bonds is 0. The van der Waals surface area contributed by atoms with Crippen molar-refractivity contribution < 1.29 is 0 Å². The number of nitrogens with two attached hydrogens (primary N) is 1. The Labute approximate surface area is 91.7 Å². The van der Waals surface area contributed by atoms with Crippen LogP contribution in [-0.4, -0.2) is 10.8 Å². The Morgan fingerprint density at radius 2 is 2.20 bits per heavy atom. The molecule has 1 aliphatic rings. The molecule has 0 fully saturated rings. The number of fused-ring (bicyclic) bond motifs is 3. The van der Waals surface area contributed by atoms with E-state index in [4.69, 9.17) is 5.73 Å². The fourth-order valence-electron chi connectivity index (χ4n) is 2.11. The molecule has 1 aliphatic heterocycles. The van der Waals surface area contributed by atoms with Crippen molar-refractivity contribution in [1.82, 2.24) is 4.98 Å². The summed E-state index contributed by atoms with van der Waals surface area (Å²) in [6.45, 7) is 4.86. The number of aryl methyl sites for hydroxylation is 2. The van der Waals surface area contributed by atoms with E-state index in [0.717, 1.165) is 15.4 Å². The molecule has 3 nitrogen and oxygen atoms in total. The second-order valence-corrected chi connectivity index (χ2v) is 4.87. The maximum absolute atomic E-state index is 5.83. The Hall–Kier alpha value is -1.42. The van der Waals surface area contributed by atoms with Gasteiger partial charge in [0.2, 0.25) is 0 Å². The van der Waals surface area contributed by atoms with Gasteiger partial charge in [-0.05, 0) is 25.5 Å². The normalized spacial score (nSPS) is 14.4. The average Bonchev–Trinajstić information content (AvgIpc) is 2.66.